The number of guanidine groups is 1. The Balaban J connectivity index is 0.00000420. The van der Waals surface area contributed by atoms with Crippen LogP contribution in [0.4, 0.5) is 4.39 Å². The number of amides is 1. The van der Waals surface area contributed by atoms with Crippen molar-refractivity contribution in [3.05, 3.63) is 66.0 Å². The highest BCUT2D eigenvalue weighted by atomic mass is 127. The fourth-order valence-corrected chi connectivity index (χ4v) is 3.20. The highest BCUT2D eigenvalue weighted by Gasteiger charge is 2.03. The van der Waals surface area contributed by atoms with E-state index in [1.165, 1.54) is 17.0 Å². The number of halogens is 2. The zero-order valence-corrected chi connectivity index (χ0v) is 19.6. The lowest BCUT2D eigenvalue weighted by molar-refractivity contribution is -0.120. The Kier molecular flexibility index (Phi) is 13.1. The third-order valence-electron chi connectivity index (χ3n) is 3.73. The van der Waals surface area contributed by atoms with Crippen molar-refractivity contribution in [2.75, 3.05) is 31.9 Å². The average molecular weight is 530 g/mol. The molecule has 8 heteroatoms. The normalized spacial score (nSPS) is 10.8. The van der Waals surface area contributed by atoms with Gasteiger partial charge in [0.25, 0.3) is 0 Å². The minimum absolute atomic E-state index is 0. The predicted octanol–water partition coefficient (Wildman–Crippen LogP) is 3.45. The van der Waals surface area contributed by atoms with Crippen LogP contribution in [0.5, 0.6) is 0 Å². The number of hydrogen-bond acceptors (Lipinski definition) is 3. The first-order valence-electron chi connectivity index (χ1n) is 9.38. The van der Waals surface area contributed by atoms with Gasteiger partial charge in [0.05, 0.1) is 13.0 Å². The molecule has 0 aliphatic carbocycles. The average Bonchev–Trinajstić information content (AvgIpc) is 2.71. The standard InChI is InChI=1S/C21H27FN4OS.HI/c1-2-23-21(26-14-15-28-19-6-4-3-5-7-19)25-13-12-24-20(27)16-17-8-10-18(22)11-9-17;/h3-11H,2,12-16H2,1H3,(H,24,27)(H2,23,25,26);1H. The number of nitrogens with one attached hydrogen (secondary N) is 3. The van der Waals surface area contributed by atoms with Gasteiger partial charge in [-0.05, 0) is 36.8 Å². The van der Waals surface area contributed by atoms with Crippen LogP contribution < -0.4 is 16.0 Å². The molecule has 0 saturated heterocycles. The van der Waals surface area contributed by atoms with Gasteiger partial charge in [-0.1, -0.05) is 30.3 Å². The first-order valence-corrected chi connectivity index (χ1v) is 10.4. The van der Waals surface area contributed by atoms with E-state index in [9.17, 15) is 9.18 Å². The smallest absolute Gasteiger partial charge is 0.224 e. The maximum atomic E-state index is 12.9. The summed E-state index contributed by atoms with van der Waals surface area (Å²) >= 11 is 1.79. The molecule has 0 unspecified atom stereocenters. The van der Waals surface area contributed by atoms with Crippen LogP contribution >= 0.6 is 35.7 Å². The van der Waals surface area contributed by atoms with Crippen LogP contribution in [0.25, 0.3) is 0 Å². The van der Waals surface area contributed by atoms with E-state index in [4.69, 9.17) is 0 Å². The second-order valence-electron chi connectivity index (χ2n) is 6.00. The van der Waals surface area contributed by atoms with Crippen LogP contribution in [0.1, 0.15) is 12.5 Å². The van der Waals surface area contributed by atoms with Crippen LogP contribution in [0.3, 0.4) is 0 Å². The van der Waals surface area contributed by atoms with Gasteiger partial charge in [-0.15, -0.1) is 35.7 Å². The van der Waals surface area contributed by atoms with Crippen molar-refractivity contribution in [2.45, 2.75) is 18.2 Å². The number of carbonyl (C=O) groups is 1. The minimum Gasteiger partial charge on any atom is -0.357 e. The lowest BCUT2D eigenvalue weighted by Crippen LogP contribution is -2.39. The molecular formula is C21H28FIN4OS. The molecule has 3 N–H and O–H groups in total. The van der Waals surface area contributed by atoms with Gasteiger partial charge in [-0.25, -0.2) is 4.39 Å². The van der Waals surface area contributed by atoms with E-state index in [1.54, 1.807) is 23.9 Å². The lowest BCUT2D eigenvalue weighted by Gasteiger charge is -2.11. The molecule has 0 atom stereocenters. The van der Waals surface area contributed by atoms with Crippen molar-refractivity contribution in [1.29, 1.82) is 0 Å². The van der Waals surface area contributed by atoms with Crippen molar-refractivity contribution < 1.29 is 9.18 Å². The molecule has 2 aromatic carbocycles. The maximum Gasteiger partial charge on any atom is 0.224 e. The molecule has 5 nitrogen and oxygen atoms in total. The zero-order chi connectivity index (χ0) is 20.0. The van der Waals surface area contributed by atoms with Crippen molar-refractivity contribution in [2.24, 2.45) is 4.99 Å². The number of benzene rings is 2. The van der Waals surface area contributed by atoms with Gasteiger partial charge >= 0.3 is 0 Å². The van der Waals surface area contributed by atoms with Gasteiger partial charge in [0, 0.05) is 30.3 Å². The van der Waals surface area contributed by atoms with E-state index in [2.05, 4.69) is 33.1 Å². The predicted molar refractivity (Wildman–Crippen MR) is 130 cm³/mol. The first kappa shape index (κ1) is 25.2. The van der Waals surface area contributed by atoms with Gasteiger partial charge in [0.1, 0.15) is 5.82 Å². The molecule has 29 heavy (non-hydrogen) atoms. The fourth-order valence-electron chi connectivity index (χ4n) is 2.41. The second kappa shape index (κ2) is 15.1. The van der Waals surface area contributed by atoms with Crippen molar-refractivity contribution in [3.63, 3.8) is 0 Å². The first-order chi connectivity index (χ1) is 13.7. The third kappa shape index (κ3) is 11.1. The Hall–Kier alpha value is -1.81. The van der Waals surface area contributed by atoms with Gasteiger partial charge in [-0.2, -0.15) is 0 Å². The van der Waals surface area contributed by atoms with Crippen LogP contribution in [0, 0.1) is 5.82 Å². The highest BCUT2D eigenvalue weighted by molar-refractivity contribution is 14.0. The molecule has 2 rings (SSSR count). The fraction of sp³-hybridized carbons (Fsp3) is 0.333. The topological polar surface area (TPSA) is 65.5 Å². The third-order valence-corrected chi connectivity index (χ3v) is 4.75. The van der Waals surface area contributed by atoms with Gasteiger partial charge in [0.2, 0.25) is 5.91 Å². The molecule has 0 fully saturated rings. The maximum absolute atomic E-state index is 12.9. The molecule has 0 saturated carbocycles. The van der Waals surface area contributed by atoms with Crippen LogP contribution in [0.15, 0.2) is 64.5 Å². The largest absolute Gasteiger partial charge is 0.357 e. The molecule has 1 amide bonds. The van der Waals surface area contributed by atoms with E-state index >= 15 is 0 Å². The number of rotatable bonds is 10. The monoisotopic (exact) mass is 530 g/mol. The quantitative estimate of drug-likeness (QED) is 0.145. The Morgan fingerprint density at radius 2 is 1.72 bits per heavy atom. The lowest BCUT2D eigenvalue weighted by atomic mass is 10.1. The van der Waals surface area contributed by atoms with Gasteiger partial charge < -0.3 is 16.0 Å². The summed E-state index contributed by atoms with van der Waals surface area (Å²) in [6, 6.07) is 16.2. The van der Waals surface area contributed by atoms with Crippen molar-refractivity contribution in [3.8, 4) is 0 Å². The molecule has 0 spiro atoms. The van der Waals surface area contributed by atoms with E-state index < -0.39 is 0 Å². The molecule has 0 radical (unpaired) electrons. The summed E-state index contributed by atoms with van der Waals surface area (Å²) in [5, 5.41) is 9.32. The number of nitrogens with zero attached hydrogens (tertiary/aromatic N) is 1. The van der Waals surface area contributed by atoms with E-state index in [-0.39, 0.29) is 42.1 Å². The molecule has 0 aliphatic heterocycles. The van der Waals surface area contributed by atoms with Crippen LogP contribution in [0.2, 0.25) is 0 Å². The van der Waals surface area contributed by atoms with E-state index in [0.717, 1.165) is 30.4 Å². The van der Waals surface area contributed by atoms with E-state index in [0.29, 0.717) is 13.1 Å². The summed E-state index contributed by atoms with van der Waals surface area (Å²) in [6.07, 6.45) is 0.235. The van der Waals surface area contributed by atoms with Crippen LogP contribution in [-0.2, 0) is 11.2 Å². The molecule has 0 bridgehead atoms. The SMILES string of the molecule is CCNC(=NCCNC(=O)Cc1ccc(F)cc1)NCCSc1ccccc1.I. The molecule has 0 aliphatic rings. The Bertz CT molecular complexity index is 744. The Labute approximate surface area is 193 Å². The Morgan fingerprint density at radius 3 is 2.41 bits per heavy atom. The molecular weight excluding hydrogens is 502 g/mol. The van der Waals surface area contributed by atoms with Crippen molar-refractivity contribution in [1.82, 2.24) is 16.0 Å². The van der Waals surface area contributed by atoms with E-state index in [1.807, 2.05) is 25.1 Å². The number of thioether (sulfide) groups is 1. The molecule has 2 aromatic rings. The highest BCUT2D eigenvalue weighted by Crippen LogP contribution is 2.15. The van der Waals surface area contributed by atoms with Gasteiger partial charge in [-0.3, -0.25) is 9.79 Å². The number of hydrogen-bond donors (Lipinski definition) is 3. The van der Waals surface area contributed by atoms with Crippen molar-refractivity contribution >= 4 is 47.6 Å². The number of aliphatic imine (C=N–C) groups is 1. The summed E-state index contributed by atoms with van der Waals surface area (Å²) in [4.78, 5) is 17.6. The van der Waals surface area contributed by atoms with Gasteiger partial charge in [0.15, 0.2) is 5.96 Å². The minimum atomic E-state index is -0.302. The molecule has 0 heterocycles. The summed E-state index contributed by atoms with van der Waals surface area (Å²) in [5.41, 5.74) is 0.785. The second-order valence-corrected chi connectivity index (χ2v) is 7.17. The summed E-state index contributed by atoms with van der Waals surface area (Å²) in [6.45, 7) is 4.52. The summed E-state index contributed by atoms with van der Waals surface area (Å²) < 4.78 is 12.9. The molecule has 0 aromatic heterocycles. The molecule has 158 valence electrons. The Morgan fingerprint density at radius 1 is 1.00 bits per heavy atom. The summed E-state index contributed by atoms with van der Waals surface area (Å²) in [5.74, 6) is 1.27. The zero-order valence-electron chi connectivity index (χ0n) is 16.5. The number of carbonyl (C=O) groups excluding carboxylic acids is 1. The summed E-state index contributed by atoms with van der Waals surface area (Å²) in [7, 11) is 0. The van der Waals surface area contributed by atoms with Crippen LogP contribution in [-0.4, -0.2) is 43.8 Å².